The van der Waals surface area contributed by atoms with Crippen LogP contribution in [0.1, 0.15) is 12.0 Å². The molecule has 0 unspecified atom stereocenters. The van der Waals surface area contributed by atoms with Gasteiger partial charge in [0.05, 0.1) is 11.5 Å². The number of pyridine rings is 1. The van der Waals surface area contributed by atoms with Crippen molar-refractivity contribution in [3.8, 4) is 0 Å². The summed E-state index contributed by atoms with van der Waals surface area (Å²) in [6.07, 6.45) is 4.39. The van der Waals surface area contributed by atoms with Crippen LogP contribution in [0.5, 0.6) is 0 Å². The van der Waals surface area contributed by atoms with Crippen molar-refractivity contribution in [3.63, 3.8) is 0 Å². The smallest absolute Gasteiger partial charge is 0.239 e. The van der Waals surface area contributed by atoms with E-state index in [-0.39, 0.29) is 11.6 Å². The zero-order valence-electron chi connectivity index (χ0n) is 9.65. The molecule has 19 heavy (non-hydrogen) atoms. The molecule has 1 amide bonds. The van der Waals surface area contributed by atoms with Gasteiger partial charge in [0.1, 0.15) is 0 Å². The van der Waals surface area contributed by atoms with Crippen LogP contribution in [0.4, 0.5) is 0 Å². The number of carboxylic acids is 1. The van der Waals surface area contributed by atoms with Gasteiger partial charge >= 0.3 is 0 Å². The van der Waals surface area contributed by atoms with Crippen molar-refractivity contribution >= 4 is 35.0 Å². The Morgan fingerprint density at radius 1 is 1.63 bits per heavy atom. The largest absolute Gasteiger partial charge is 0.550 e. The van der Waals surface area contributed by atoms with E-state index in [4.69, 9.17) is 0 Å². The molecule has 7 nitrogen and oxygen atoms in total. The first-order valence-corrected chi connectivity index (χ1v) is 6.21. The molecule has 1 aromatic rings. The number of carboxylic acid groups (broad SMARTS) is 1. The second kappa shape index (κ2) is 6.10. The molecular formula is C11H9N4O3S-. The summed E-state index contributed by atoms with van der Waals surface area (Å²) in [6, 6.07) is 3.56. The highest BCUT2D eigenvalue weighted by molar-refractivity contribution is 8.15. The van der Waals surface area contributed by atoms with E-state index < -0.39 is 17.1 Å². The van der Waals surface area contributed by atoms with Crippen LogP contribution in [-0.2, 0) is 9.59 Å². The van der Waals surface area contributed by atoms with Gasteiger partial charge in [-0.2, -0.15) is 5.10 Å². The maximum atomic E-state index is 11.4. The third-order valence-electron chi connectivity index (χ3n) is 2.17. The lowest BCUT2D eigenvalue weighted by molar-refractivity contribution is -0.305. The predicted molar refractivity (Wildman–Crippen MR) is 68.4 cm³/mol. The Morgan fingerprint density at radius 2 is 2.47 bits per heavy atom. The maximum Gasteiger partial charge on any atom is 0.239 e. The van der Waals surface area contributed by atoms with Crippen molar-refractivity contribution in [3.05, 3.63) is 30.1 Å². The van der Waals surface area contributed by atoms with Crippen molar-refractivity contribution < 1.29 is 14.7 Å². The van der Waals surface area contributed by atoms with Gasteiger partial charge in [0, 0.05) is 30.3 Å². The van der Waals surface area contributed by atoms with Crippen LogP contribution >= 0.6 is 11.8 Å². The van der Waals surface area contributed by atoms with Gasteiger partial charge in [0.2, 0.25) is 5.91 Å². The average Bonchev–Trinajstić information content (AvgIpc) is 2.70. The third kappa shape index (κ3) is 3.88. The minimum atomic E-state index is -1.27. The number of nitrogens with zero attached hydrogens (tertiary/aromatic N) is 3. The fraction of sp³-hybridized carbons (Fsp3) is 0.182. The molecule has 1 N–H and O–H groups in total. The fourth-order valence-corrected chi connectivity index (χ4v) is 2.25. The van der Waals surface area contributed by atoms with Gasteiger partial charge in [0.15, 0.2) is 5.17 Å². The van der Waals surface area contributed by atoms with Crippen LogP contribution in [0.15, 0.2) is 34.7 Å². The molecule has 2 rings (SSSR count). The van der Waals surface area contributed by atoms with Crippen LogP contribution in [0.25, 0.3) is 0 Å². The van der Waals surface area contributed by atoms with E-state index in [2.05, 4.69) is 20.5 Å². The first-order valence-electron chi connectivity index (χ1n) is 5.33. The van der Waals surface area contributed by atoms with E-state index in [1.165, 1.54) is 6.21 Å². The second-order valence-electron chi connectivity index (χ2n) is 3.61. The van der Waals surface area contributed by atoms with Crippen LogP contribution in [0, 0.1) is 0 Å². The molecule has 1 aliphatic rings. The standard InChI is InChI=1S/C11H10N4O3S/c16-9(17)4-8-10(18)14-11(19-8)15-13-6-7-2-1-3-12-5-7/h1-3,5-6,8H,4H2,(H,16,17)(H,14,15,18)/p-1/b13-6-/t8-/m1/s1. The number of amides is 1. The zero-order chi connectivity index (χ0) is 13.7. The number of carbonyl (C=O) groups excluding carboxylic acids is 2. The van der Waals surface area contributed by atoms with Gasteiger partial charge in [-0.15, -0.1) is 5.10 Å². The highest BCUT2D eigenvalue weighted by atomic mass is 32.2. The van der Waals surface area contributed by atoms with Gasteiger partial charge in [-0.3, -0.25) is 9.78 Å². The molecule has 8 heteroatoms. The first-order chi connectivity index (χ1) is 9.15. The van der Waals surface area contributed by atoms with Crippen molar-refractivity contribution in [2.24, 2.45) is 10.2 Å². The van der Waals surface area contributed by atoms with Gasteiger partial charge in [-0.05, 0) is 6.07 Å². The number of hydrogen-bond donors (Lipinski definition) is 1. The van der Waals surface area contributed by atoms with Crippen LogP contribution < -0.4 is 10.4 Å². The molecule has 0 aliphatic carbocycles. The zero-order valence-corrected chi connectivity index (χ0v) is 10.5. The normalized spacial score (nSPS) is 20.9. The monoisotopic (exact) mass is 277 g/mol. The summed E-state index contributed by atoms with van der Waals surface area (Å²) in [5, 5.41) is 20.0. The van der Waals surface area contributed by atoms with Crippen molar-refractivity contribution in [1.29, 1.82) is 0 Å². The predicted octanol–water partition coefficient (Wildman–Crippen LogP) is -0.857. The van der Waals surface area contributed by atoms with E-state index in [0.29, 0.717) is 0 Å². The summed E-state index contributed by atoms with van der Waals surface area (Å²) in [6.45, 7) is 0. The van der Waals surface area contributed by atoms with Gasteiger partial charge < -0.3 is 15.2 Å². The van der Waals surface area contributed by atoms with E-state index >= 15 is 0 Å². The Kier molecular flexibility index (Phi) is 4.24. The maximum absolute atomic E-state index is 11.4. The molecule has 0 spiro atoms. The van der Waals surface area contributed by atoms with E-state index in [1.807, 2.05) is 0 Å². The van der Waals surface area contributed by atoms with Gasteiger partial charge in [0.25, 0.3) is 0 Å². The molecule has 1 saturated heterocycles. The molecule has 1 aliphatic heterocycles. The Balaban J connectivity index is 1.96. The molecule has 98 valence electrons. The quantitative estimate of drug-likeness (QED) is 0.569. The minimum Gasteiger partial charge on any atom is -0.550 e. The fourth-order valence-electron chi connectivity index (χ4n) is 1.34. The number of aromatic nitrogens is 1. The van der Waals surface area contributed by atoms with E-state index in [1.54, 1.807) is 24.5 Å². The van der Waals surface area contributed by atoms with Crippen LogP contribution in [0.3, 0.4) is 0 Å². The van der Waals surface area contributed by atoms with Crippen molar-refractivity contribution in [2.75, 3.05) is 0 Å². The number of nitrogens with one attached hydrogen (secondary N) is 1. The number of hydrogen-bond acceptors (Lipinski definition) is 7. The number of rotatable bonds is 4. The number of amidine groups is 1. The number of aliphatic carboxylic acids is 1. The van der Waals surface area contributed by atoms with E-state index in [0.717, 1.165) is 17.3 Å². The lowest BCUT2D eigenvalue weighted by Crippen LogP contribution is -2.31. The van der Waals surface area contributed by atoms with Gasteiger partial charge in [-0.1, -0.05) is 17.8 Å². The summed E-state index contributed by atoms with van der Waals surface area (Å²) in [4.78, 5) is 25.7. The Bertz CT molecular complexity index is 544. The summed E-state index contributed by atoms with van der Waals surface area (Å²) >= 11 is 1.02. The highest BCUT2D eigenvalue weighted by Gasteiger charge is 2.30. The lowest BCUT2D eigenvalue weighted by Gasteiger charge is -2.04. The Morgan fingerprint density at radius 3 is 3.16 bits per heavy atom. The molecule has 1 fully saturated rings. The highest BCUT2D eigenvalue weighted by Crippen LogP contribution is 2.21. The van der Waals surface area contributed by atoms with E-state index in [9.17, 15) is 14.7 Å². The van der Waals surface area contributed by atoms with Gasteiger partial charge in [-0.25, -0.2) is 0 Å². The molecule has 1 aromatic heterocycles. The number of carbonyl (C=O) groups is 2. The van der Waals surface area contributed by atoms with Crippen LogP contribution in [0.2, 0.25) is 0 Å². The van der Waals surface area contributed by atoms with Crippen LogP contribution in [-0.4, -0.2) is 33.5 Å². The Hall–Kier alpha value is -2.22. The molecular weight excluding hydrogens is 268 g/mol. The lowest BCUT2D eigenvalue weighted by atomic mass is 10.3. The van der Waals surface area contributed by atoms with Crippen molar-refractivity contribution in [2.45, 2.75) is 11.7 Å². The molecule has 0 bridgehead atoms. The first kappa shape index (κ1) is 13.2. The molecule has 0 saturated carbocycles. The summed E-state index contributed by atoms with van der Waals surface area (Å²) in [5.41, 5.74) is 0.771. The summed E-state index contributed by atoms with van der Waals surface area (Å²) in [5.74, 6) is -1.67. The topological polar surface area (TPSA) is 107 Å². The third-order valence-corrected chi connectivity index (χ3v) is 3.24. The molecule has 0 radical (unpaired) electrons. The molecule has 1 atom stereocenters. The SMILES string of the molecule is O=C([O-])C[C@H]1S/C(=N/N=C\c2cccnc2)NC1=O. The molecule has 0 aromatic carbocycles. The summed E-state index contributed by atoms with van der Waals surface area (Å²) < 4.78 is 0. The molecule has 2 heterocycles. The Labute approximate surface area is 112 Å². The minimum absolute atomic E-state index is 0.274. The number of thioether (sulfide) groups is 1. The second-order valence-corrected chi connectivity index (χ2v) is 4.80. The van der Waals surface area contributed by atoms with Crippen molar-refractivity contribution in [1.82, 2.24) is 10.3 Å². The average molecular weight is 277 g/mol. The summed E-state index contributed by atoms with van der Waals surface area (Å²) in [7, 11) is 0.